The number of imidazole rings is 1. The second kappa shape index (κ2) is 6.15. The van der Waals surface area contributed by atoms with E-state index in [1.54, 1.807) is 0 Å². The number of hydrogen-bond acceptors (Lipinski definition) is 2. The Morgan fingerprint density at radius 1 is 0.581 bits per heavy atom. The zero-order valence-electron chi connectivity index (χ0n) is 16.3. The number of para-hydroxylation sites is 4. The predicted molar refractivity (Wildman–Crippen MR) is 130 cm³/mol. The van der Waals surface area contributed by atoms with Crippen molar-refractivity contribution in [1.29, 1.82) is 0 Å². The van der Waals surface area contributed by atoms with Crippen LogP contribution in [0.4, 0.5) is 0 Å². The first-order chi connectivity index (χ1) is 15.3. The summed E-state index contributed by atoms with van der Waals surface area (Å²) >= 11 is 3.67. The largest absolute Gasteiger partial charge is 0.279 e. The van der Waals surface area contributed by atoms with Crippen molar-refractivity contribution in [3.8, 4) is 5.95 Å². The first kappa shape index (κ1) is 17.0. The van der Waals surface area contributed by atoms with E-state index in [2.05, 4.69) is 97.7 Å². The molecule has 0 amide bonds. The first-order valence-electron chi connectivity index (χ1n) is 10.1. The zero-order valence-corrected chi connectivity index (χ0v) is 17.9. The molecule has 7 rings (SSSR count). The molecule has 0 fully saturated rings. The van der Waals surface area contributed by atoms with E-state index in [-0.39, 0.29) is 0 Å². The minimum atomic E-state index is 0.840. The van der Waals surface area contributed by atoms with Crippen molar-refractivity contribution in [1.82, 2.24) is 18.9 Å². The van der Waals surface area contributed by atoms with E-state index in [1.807, 2.05) is 18.2 Å². The van der Waals surface area contributed by atoms with Gasteiger partial charge in [-0.1, -0.05) is 64.5 Å². The van der Waals surface area contributed by atoms with Crippen LogP contribution in [-0.4, -0.2) is 18.9 Å². The van der Waals surface area contributed by atoms with Gasteiger partial charge in [0, 0.05) is 20.6 Å². The molecule has 0 atom stereocenters. The second-order valence-electron chi connectivity index (χ2n) is 7.70. The molecule has 3 heterocycles. The summed E-state index contributed by atoms with van der Waals surface area (Å²) in [5.74, 6) is 0.840. The molecule has 4 aromatic carbocycles. The average Bonchev–Trinajstić information content (AvgIpc) is 3.35. The quantitative estimate of drug-likeness (QED) is 0.266. The van der Waals surface area contributed by atoms with Crippen molar-refractivity contribution in [2.75, 3.05) is 0 Å². The molecular weight excluding hydrogens is 448 g/mol. The highest BCUT2D eigenvalue weighted by atomic mass is 79.9. The van der Waals surface area contributed by atoms with Gasteiger partial charge in [-0.15, -0.1) is 0 Å². The number of fused-ring (bicyclic) bond motifs is 8. The Morgan fingerprint density at radius 3 is 2.13 bits per heavy atom. The third kappa shape index (κ3) is 2.29. The molecule has 3 aromatic heterocycles. The van der Waals surface area contributed by atoms with Crippen molar-refractivity contribution in [2.45, 2.75) is 0 Å². The Bertz CT molecular complexity index is 1810. The minimum absolute atomic E-state index is 0.840. The van der Waals surface area contributed by atoms with Gasteiger partial charge < -0.3 is 0 Å². The Morgan fingerprint density at radius 2 is 1.26 bits per heavy atom. The van der Waals surface area contributed by atoms with Crippen LogP contribution in [0.1, 0.15) is 0 Å². The van der Waals surface area contributed by atoms with Gasteiger partial charge in [0.2, 0.25) is 5.95 Å². The smallest absolute Gasteiger partial charge is 0.221 e. The molecular formula is C26H15BrN4. The summed E-state index contributed by atoms with van der Waals surface area (Å²) in [5.41, 5.74) is 6.09. The summed E-state index contributed by atoms with van der Waals surface area (Å²) in [6.45, 7) is 0. The molecule has 0 unspecified atom stereocenters. The first-order valence-corrected chi connectivity index (χ1v) is 10.9. The predicted octanol–water partition coefficient (Wildman–Crippen LogP) is 6.90. The lowest BCUT2D eigenvalue weighted by Crippen LogP contribution is -2.06. The van der Waals surface area contributed by atoms with Gasteiger partial charge in [-0.05, 0) is 42.5 Å². The molecule has 0 N–H and O–H groups in total. The highest BCUT2D eigenvalue weighted by Crippen LogP contribution is 2.35. The number of aromatic nitrogens is 4. The van der Waals surface area contributed by atoms with E-state index in [0.29, 0.717) is 0 Å². The summed E-state index contributed by atoms with van der Waals surface area (Å²) in [6, 6.07) is 31.4. The zero-order chi connectivity index (χ0) is 20.5. The van der Waals surface area contributed by atoms with Gasteiger partial charge in [0.05, 0.1) is 27.6 Å². The van der Waals surface area contributed by atoms with Gasteiger partial charge in [-0.2, -0.15) is 0 Å². The van der Waals surface area contributed by atoms with E-state index in [4.69, 9.17) is 9.97 Å². The van der Waals surface area contributed by atoms with Gasteiger partial charge in [-0.25, -0.2) is 9.97 Å². The van der Waals surface area contributed by atoms with Crippen LogP contribution in [0, 0.1) is 0 Å². The Balaban J connectivity index is 1.78. The maximum absolute atomic E-state index is 5.17. The second-order valence-corrected chi connectivity index (χ2v) is 8.62. The van der Waals surface area contributed by atoms with Gasteiger partial charge >= 0.3 is 0 Å². The van der Waals surface area contributed by atoms with Crippen molar-refractivity contribution < 1.29 is 0 Å². The fraction of sp³-hybridized carbons (Fsp3) is 0. The Labute approximate surface area is 185 Å². The molecule has 0 aliphatic rings. The molecule has 31 heavy (non-hydrogen) atoms. The van der Waals surface area contributed by atoms with Gasteiger partial charge in [0.25, 0.3) is 0 Å². The third-order valence-electron chi connectivity index (χ3n) is 5.96. The van der Waals surface area contributed by atoms with Crippen LogP contribution < -0.4 is 0 Å². The number of nitrogens with zero attached hydrogens (tertiary/aromatic N) is 4. The molecule has 0 radical (unpaired) electrons. The lowest BCUT2D eigenvalue weighted by atomic mass is 10.2. The van der Waals surface area contributed by atoms with E-state index in [9.17, 15) is 0 Å². The molecule has 146 valence electrons. The summed E-state index contributed by atoms with van der Waals surface area (Å²) < 4.78 is 5.48. The molecule has 4 nitrogen and oxygen atoms in total. The number of halogens is 1. The van der Waals surface area contributed by atoms with E-state index in [1.165, 1.54) is 10.8 Å². The molecule has 0 aliphatic heterocycles. The Hall–Kier alpha value is -3.70. The molecule has 5 heteroatoms. The van der Waals surface area contributed by atoms with Crippen LogP contribution >= 0.6 is 15.9 Å². The SMILES string of the molecule is Brc1ccc2c3ccccc3n(-c3nc4ccccc4c4nc5ccccc5n34)c2c1. The third-order valence-corrected chi connectivity index (χ3v) is 6.46. The van der Waals surface area contributed by atoms with Gasteiger partial charge in [0.1, 0.15) is 5.65 Å². The Kier molecular flexibility index (Phi) is 3.38. The van der Waals surface area contributed by atoms with Crippen molar-refractivity contribution in [2.24, 2.45) is 0 Å². The molecule has 0 spiro atoms. The molecule has 0 saturated heterocycles. The maximum atomic E-state index is 5.17. The van der Waals surface area contributed by atoms with Crippen LogP contribution in [0.5, 0.6) is 0 Å². The van der Waals surface area contributed by atoms with Gasteiger partial charge in [0.15, 0.2) is 0 Å². The number of benzene rings is 4. The summed E-state index contributed by atoms with van der Waals surface area (Å²) in [6.07, 6.45) is 0. The highest BCUT2D eigenvalue weighted by Gasteiger charge is 2.19. The van der Waals surface area contributed by atoms with Crippen LogP contribution in [0.15, 0.2) is 95.5 Å². The van der Waals surface area contributed by atoms with Crippen molar-refractivity contribution >= 4 is 65.3 Å². The standard InChI is InChI=1S/C26H15BrN4/c27-16-13-14-18-17-7-2-5-11-22(17)30(24(18)15-16)26-29-20-9-3-1-8-19(20)25-28-21-10-4-6-12-23(21)31(25)26/h1-15H. The normalized spacial score (nSPS) is 12.0. The van der Waals surface area contributed by atoms with E-state index < -0.39 is 0 Å². The van der Waals surface area contributed by atoms with E-state index >= 15 is 0 Å². The molecule has 0 bridgehead atoms. The topological polar surface area (TPSA) is 35.1 Å². The van der Waals surface area contributed by atoms with Gasteiger partial charge in [-0.3, -0.25) is 8.97 Å². The highest BCUT2D eigenvalue weighted by molar-refractivity contribution is 9.10. The summed E-state index contributed by atoms with van der Waals surface area (Å²) in [5, 5.41) is 3.45. The maximum Gasteiger partial charge on any atom is 0.221 e. The van der Waals surface area contributed by atoms with Crippen molar-refractivity contribution in [3.63, 3.8) is 0 Å². The molecule has 0 saturated carbocycles. The lowest BCUT2D eigenvalue weighted by Gasteiger charge is -2.12. The van der Waals surface area contributed by atoms with E-state index in [0.717, 1.165) is 49.0 Å². The van der Waals surface area contributed by atoms with Crippen LogP contribution in [0.2, 0.25) is 0 Å². The molecule has 7 aromatic rings. The fourth-order valence-corrected chi connectivity index (χ4v) is 4.99. The fourth-order valence-electron chi connectivity index (χ4n) is 4.64. The summed E-state index contributed by atoms with van der Waals surface area (Å²) in [4.78, 5) is 10.2. The number of hydrogen-bond donors (Lipinski definition) is 0. The van der Waals surface area contributed by atoms with Crippen LogP contribution in [0.3, 0.4) is 0 Å². The molecule has 0 aliphatic carbocycles. The lowest BCUT2D eigenvalue weighted by molar-refractivity contribution is 0.979. The van der Waals surface area contributed by atoms with Crippen LogP contribution in [-0.2, 0) is 0 Å². The summed E-state index contributed by atoms with van der Waals surface area (Å²) in [7, 11) is 0. The van der Waals surface area contributed by atoms with Crippen molar-refractivity contribution in [3.05, 3.63) is 95.5 Å². The minimum Gasteiger partial charge on any atom is -0.279 e. The monoisotopic (exact) mass is 462 g/mol. The number of rotatable bonds is 1. The average molecular weight is 463 g/mol. The van der Waals surface area contributed by atoms with Crippen LogP contribution in [0.25, 0.3) is 55.3 Å².